The second-order valence-corrected chi connectivity index (χ2v) is 8.93. The van der Waals surface area contributed by atoms with Crippen molar-refractivity contribution < 1.29 is 33.0 Å². The van der Waals surface area contributed by atoms with Crippen LogP contribution in [0.15, 0.2) is 48.5 Å². The zero-order chi connectivity index (χ0) is 24.9. The number of nitrogens with zero attached hydrogens (tertiary/aromatic N) is 1. The number of likely N-dealkylation sites (tertiary alicyclic amines) is 1. The van der Waals surface area contributed by atoms with Crippen LogP contribution in [0, 0.1) is 0 Å². The van der Waals surface area contributed by atoms with E-state index in [1.54, 1.807) is 0 Å². The maximum atomic E-state index is 13.7. The van der Waals surface area contributed by atoms with E-state index in [1.165, 1.54) is 4.90 Å². The van der Waals surface area contributed by atoms with Gasteiger partial charge in [0.25, 0.3) is 6.43 Å². The molecule has 0 radical (unpaired) electrons. The van der Waals surface area contributed by atoms with Crippen LogP contribution in [-0.4, -0.2) is 59.6 Å². The van der Waals surface area contributed by atoms with Crippen molar-refractivity contribution in [2.75, 3.05) is 13.2 Å². The second kappa shape index (κ2) is 10.8. The molecule has 1 saturated heterocycles. The van der Waals surface area contributed by atoms with Crippen molar-refractivity contribution in [3.63, 3.8) is 0 Å². The first-order chi connectivity index (χ1) is 16.8. The number of alkyl carbamates (subject to hydrolysis) is 1. The molecule has 186 valence electrons. The fourth-order valence-electron chi connectivity index (χ4n) is 5.05. The molecule has 2 aromatic carbocycles. The molecule has 2 atom stereocenters. The maximum Gasteiger partial charge on any atom is 0.407 e. The molecule has 7 nitrogen and oxygen atoms in total. The summed E-state index contributed by atoms with van der Waals surface area (Å²) in [5.74, 6) is -1.70. The van der Waals surface area contributed by atoms with E-state index in [-0.39, 0.29) is 31.4 Å². The molecule has 2 aliphatic rings. The molecule has 4 rings (SSSR count). The number of carboxylic acid groups (broad SMARTS) is 1. The monoisotopic (exact) mass is 486 g/mol. The van der Waals surface area contributed by atoms with Crippen LogP contribution in [0.25, 0.3) is 11.1 Å². The van der Waals surface area contributed by atoms with Crippen molar-refractivity contribution in [3.8, 4) is 11.1 Å². The molecule has 1 aliphatic heterocycles. The van der Waals surface area contributed by atoms with Crippen LogP contribution in [0.3, 0.4) is 0 Å². The molecule has 0 bridgehead atoms. The van der Waals surface area contributed by atoms with E-state index in [1.807, 2.05) is 48.5 Å². The smallest absolute Gasteiger partial charge is 0.407 e. The van der Waals surface area contributed by atoms with E-state index in [0.717, 1.165) is 22.3 Å². The first-order valence-electron chi connectivity index (χ1n) is 11.8. The molecular weight excluding hydrogens is 458 g/mol. The number of hydrogen-bond acceptors (Lipinski definition) is 4. The lowest BCUT2D eigenvalue weighted by Crippen LogP contribution is -2.46. The number of nitrogens with one attached hydrogen (secondary N) is 1. The minimum absolute atomic E-state index is 0.0207. The van der Waals surface area contributed by atoms with Gasteiger partial charge < -0.3 is 20.1 Å². The molecule has 2 unspecified atom stereocenters. The van der Waals surface area contributed by atoms with Gasteiger partial charge in [-0.1, -0.05) is 48.5 Å². The summed E-state index contributed by atoms with van der Waals surface area (Å²) in [6.07, 6.45) is -3.03. The molecule has 9 heteroatoms. The van der Waals surface area contributed by atoms with Gasteiger partial charge in [0.1, 0.15) is 12.6 Å². The summed E-state index contributed by atoms with van der Waals surface area (Å²) < 4.78 is 32.7. The summed E-state index contributed by atoms with van der Waals surface area (Å²) in [4.78, 5) is 37.4. The van der Waals surface area contributed by atoms with Crippen LogP contribution >= 0.6 is 0 Å². The molecule has 35 heavy (non-hydrogen) atoms. The number of fused-ring (bicyclic) bond motifs is 3. The van der Waals surface area contributed by atoms with Crippen LogP contribution in [0.4, 0.5) is 13.6 Å². The van der Waals surface area contributed by atoms with Gasteiger partial charge in [-0.25, -0.2) is 13.6 Å². The number of hydrogen-bond donors (Lipinski definition) is 2. The van der Waals surface area contributed by atoms with Crippen LogP contribution in [0.2, 0.25) is 0 Å². The SMILES string of the molecule is O=C(O)CCC1CCCN1C(=O)CC(NC(=O)OCC1c2ccccc2-c2ccccc21)C(F)F. The summed E-state index contributed by atoms with van der Waals surface area (Å²) in [6, 6.07) is 13.6. The van der Waals surface area contributed by atoms with E-state index < -0.39 is 36.9 Å². The van der Waals surface area contributed by atoms with Gasteiger partial charge >= 0.3 is 12.1 Å². The molecule has 0 saturated carbocycles. The van der Waals surface area contributed by atoms with Crippen molar-refractivity contribution in [2.24, 2.45) is 0 Å². The predicted molar refractivity (Wildman–Crippen MR) is 124 cm³/mol. The maximum absolute atomic E-state index is 13.7. The Hall–Kier alpha value is -3.49. The zero-order valence-corrected chi connectivity index (χ0v) is 19.2. The third kappa shape index (κ3) is 5.61. The lowest BCUT2D eigenvalue weighted by Gasteiger charge is -2.27. The Kier molecular flexibility index (Phi) is 7.63. The van der Waals surface area contributed by atoms with Crippen LogP contribution < -0.4 is 5.32 Å². The predicted octanol–water partition coefficient (Wildman–Crippen LogP) is 4.40. The standard InChI is InChI=1S/C26H28F2N2O5/c27-25(28)22(14-23(31)30-13-5-6-16(30)11-12-24(32)33)29-26(34)35-15-21-19-9-3-1-7-17(19)18-8-2-4-10-20(18)21/h1-4,7-10,16,21-22,25H,5-6,11-15H2,(H,29,34)(H,32,33). The average Bonchev–Trinajstić information content (AvgIpc) is 3.44. The Bertz CT molecular complexity index is 1050. The first-order valence-corrected chi connectivity index (χ1v) is 11.8. The summed E-state index contributed by atoms with van der Waals surface area (Å²) in [5, 5.41) is 11.0. The highest BCUT2D eigenvalue weighted by molar-refractivity contribution is 5.80. The Balaban J connectivity index is 1.35. The second-order valence-electron chi connectivity index (χ2n) is 8.93. The first kappa shape index (κ1) is 24.6. The quantitative estimate of drug-likeness (QED) is 0.548. The number of aliphatic carboxylic acids is 1. The summed E-state index contributed by atoms with van der Waals surface area (Å²) in [7, 11) is 0. The fourth-order valence-corrected chi connectivity index (χ4v) is 5.05. The van der Waals surface area contributed by atoms with Crippen LogP contribution in [0.5, 0.6) is 0 Å². The molecule has 0 aromatic heterocycles. The number of alkyl halides is 2. The zero-order valence-electron chi connectivity index (χ0n) is 19.2. The molecule has 1 aliphatic carbocycles. The van der Waals surface area contributed by atoms with Gasteiger partial charge in [0.2, 0.25) is 5.91 Å². The Morgan fingerprint density at radius 3 is 2.29 bits per heavy atom. The third-order valence-electron chi connectivity index (χ3n) is 6.73. The molecule has 1 heterocycles. The number of rotatable bonds is 9. The van der Waals surface area contributed by atoms with Gasteiger partial charge in [-0.3, -0.25) is 9.59 Å². The van der Waals surface area contributed by atoms with E-state index >= 15 is 0 Å². The summed E-state index contributed by atoms with van der Waals surface area (Å²) in [6.45, 7) is 0.372. The molecule has 2 amide bonds. The number of carbonyl (C=O) groups excluding carboxylic acids is 2. The Labute approximate surface area is 202 Å². The van der Waals surface area contributed by atoms with Crippen molar-refractivity contribution in [1.82, 2.24) is 10.2 Å². The number of benzene rings is 2. The molecule has 2 N–H and O–H groups in total. The van der Waals surface area contributed by atoms with E-state index in [9.17, 15) is 23.2 Å². The number of halogens is 2. The number of carboxylic acids is 1. The fraction of sp³-hybridized carbons (Fsp3) is 0.423. The molecule has 1 fully saturated rings. The molecular formula is C26H28F2N2O5. The van der Waals surface area contributed by atoms with Crippen molar-refractivity contribution >= 4 is 18.0 Å². The van der Waals surface area contributed by atoms with Gasteiger partial charge in [-0.05, 0) is 41.5 Å². The Morgan fingerprint density at radius 1 is 1.06 bits per heavy atom. The highest BCUT2D eigenvalue weighted by Gasteiger charge is 2.34. The van der Waals surface area contributed by atoms with Crippen molar-refractivity contribution in [2.45, 2.75) is 56.5 Å². The number of ether oxygens (including phenoxy) is 1. The minimum Gasteiger partial charge on any atom is -0.481 e. The third-order valence-corrected chi connectivity index (χ3v) is 6.73. The highest BCUT2D eigenvalue weighted by Crippen LogP contribution is 2.44. The van der Waals surface area contributed by atoms with Crippen LogP contribution in [0.1, 0.15) is 49.1 Å². The van der Waals surface area contributed by atoms with Gasteiger partial charge in [-0.2, -0.15) is 0 Å². The van der Waals surface area contributed by atoms with Gasteiger partial charge in [0, 0.05) is 24.9 Å². The summed E-state index contributed by atoms with van der Waals surface area (Å²) in [5.41, 5.74) is 4.11. The lowest BCUT2D eigenvalue weighted by atomic mass is 9.98. The van der Waals surface area contributed by atoms with Gasteiger partial charge in [0.05, 0.1) is 6.42 Å². The lowest BCUT2D eigenvalue weighted by molar-refractivity contribution is -0.139. The average molecular weight is 487 g/mol. The largest absolute Gasteiger partial charge is 0.481 e. The van der Waals surface area contributed by atoms with Gasteiger partial charge in [-0.15, -0.1) is 0 Å². The highest BCUT2D eigenvalue weighted by atomic mass is 19.3. The molecule has 2 aromatic rings. The Morgan fingerprint density at radius 2 is 1.69 bits per heavy atom. The number of carbonyl (C=O) groups is 3. The summed E-state index contributed by atoms with van der Waals surface area (Å²) >= 11 is 0. The normalized spacial score (nSPS) is 17.7. The topological polar surface area (TPSA) is 95.9 Å². The van der Waals surface area contributed by atoms with Crippen molar-refractivity contribution in [1.29, 1.82) is 0 Å². The van der Waals surface area contributed by atoms with Crippen LogP contribution in [-0.2, 0) is 14.3 Å². The molecule has 0 spiro atoms. The van der Waals surface area contributed by atoms with E-state index in [4.69, 9.17) is 9.84 Å². The van der Waals surface area contributed by atoms with Gasteiger partial charge in [0.15, 0.2) is 0 Å². The minimum atomic E-state index is -2.96. The van der Waals surface area contributed by atoms with E-state index in [2.05, 4.69) is 5.32 Å². The van der Waals surface area contributed by atoms with Crippen molar-refractivity contribution in [3.05, 3.63) is 59.7 Å². The van der Waals surface area contributed by atoms with E-state index in [0.29, 0.717) is 19.4 Å². The number of amides is 2.